The molecule has 6 nitrogen and oxygen atoms in total. The Balaban J connectivity index is 1.60. The summed E-state index contributed by atoms with van der Waals surface area (Å²) in [6.07, 6.45) is 2.04. The minimum atomic E-state index is -0.426. The van der Waals surface area contributed by atoms with Gasteiger partial charge in [-0.05, 0) is 31.2 Å². The Morgan fingerprint density at radius 2 is 2.04 bits per heavy atom. The number of nitro groups is 1. The van der Waals surface area contributed by atoms with Crippen molar-refractivity contribution in [3.63, 3.8) is 0 Å². The number of hydrogen-bond donors (Lipinski definition) is 0. The summed E-state index contributed by atoms with van der Waals surface area (Å²) < 4.78 is 2.18. The van der Waals surface area contributed by atoms with Crippen molar-refractivity contribution in [1.82, 2.24) is 9.47 Å². The molecule has 2 aromatic rings. The van der Waals surface area contributed by atoms with Crippen LogP contribution in [0.4, 0.5) is 5.69 Å². The predicted octanol–water partition coefficient (Wildman–Crippen LogP) is 3.09. The summed E-state index contributed by atoms with van der Waals surface area (Å²) >= 11 is 1.41. The molecule has 120 valence electrons. The lowest BCUT2D eigenvalue weighted by Crippen LogP contribution is -2.41. The van der Waals surface area contributed by atoms with Crippen LogP contribution >= 0.6 is 11.8 Å². The van der Waals surface area contributed by atoms with Gasteiger partial charge in [0.25, 0.3) is 5.69 Å². The lowest BCUT2D eigenvalue weighted by molar-refractivity contribution is -0.384. The van der Waals surface area contributed by atoms with Crippen molar-refractivity contribution in [2.75, 3.05) is 12.3 Å². The molecule has 1 amide bonds. The number of nitro benzene ring substituents is 1. The zero-order valence-electron chi connectivity index (χ0n) is 12.7. The fourth-order valence-electron chi connectivity index (χ4n) is 2.81. The SMILES string of the molecule is CC1c2cccn2CCN1C(=O)CSc1ccc([N+](=O)[O-])cc1. The lowest BCUT2D eigenvalue weighted by atomic mass is 10.1. The largest absolute Gasteiger partial charge is 0.348 e. The summed E-state index contributed by atoms with van der Waals surface area (Å²) in [5, 5.41) is 10.6. The highest BCUT2D eigenvalue weighted by Gasteiger charge is 2.27. The Morgan fingerprint density at radius 3 is 2.74 bits per heavy atom. The van der Waals surface area contributed by atoms with E-state index >= 15 is 0 Å². The molecule has 3 rings (SSSR count). The molecule has 1 atom stereocenters. The van der Waals surface area contributed by atoms with Crippen LogP contribution in [0.25, 0.3) is 0 Å². The van der Waals surface area contributed by atoms with E-state index in [1.165, 1.54) is 23.9 Å². The van der Waals surface area contributed by atoms with E-state index < -0.39 is 4.92 Å². The van der Waals surface area contributed by atoms with Gasteiger partial charge in [0.05, 0.1) is 16.7 Å². The van der Waals surface area contributed by atoms with E-state index in [9.17, 15) is 14.9 Å². The molecule has 0 spiro atoms. The standard InChI is InChI=1S/C16H17N3O3S/c1-12-15-3-2-8-17(15)9-10-18(12)16(20)11-23-14-6-4-13(5-7-14)19(21)22/h2-8,12H,9-11H2,1H3. The number of non-ortho nitro benzene ring substituents is 1. The Kier molecular flexibility index (Phi) is 4.38. The number of carbonyl (C=O) groups excluding carboxylic acids is 1. The number of fused-ring (bicyclic) bond motifs is 1. The molecular formula is C16H17N3O3S. The summed E-state index contributed by atoms with van der Waals surface area (Å²) in [6, 6.07) is 10.4. The number of thioether (sulfide) groups is 1. The maximum atomic E-state index is 12.5. The molecule has 0 saturated heterocycles. The highest BCUT2D eigenvalue weighted by Crippen LogP contribution is 2.27. The van der Waals surface area contributed by atoms with Gasteiger partial charge < -0.3 is 9.47 Å². The van der Waals surface area contributed by atoms with Gasteiger partial charge in [-0.3, -0.25) is 14.9 Å². The average Bonchev–Trinajstić information content (AvgIpc) is 3.03. The van der Waals surface area contributed by atoms with Crippen LogP contribution in [0.15, 0.2) is 47.5 Å². The van der Waals surface area contributed by atoms with Crippen LogP contribution in [-0.4, -0.2) is 32.6 Å². The number of aromatic nitrogens is 1. The molecule has 2 heterocycles. The van der Waals surface area contributed by atoms with E-state index in [-0.39, 0.29) is 17.6 Å². The molecule has 0 fully saturated rings. The van der Waals surface area contributed by atoms with Crippen LogP contribution in [0.3, 0.4) is 0 Å². The van der Waals surface area contributed by atoms with Crippen molar-refractivity contribution in [1.29, 1.82) is 0 Å². The Labute approximate surface area is 138 Å². The fraction of sp³-hybridized carbons (Fsp3) is 0.312. The van der Waals surface area contributed by atoms with Crippen LogP contribution in [-0.2, 0) is 11.3 Å². The number of carbonyl (C=O) groups is 1. The molecule has 1 unspecified atom stereocenters. The molecular weight excluding hydrogens is 314 g/mol. The molecule has 1 aliphatic heterocycles. The third-order valence-corrected chi connectivity index (χ3v) is 5.07. The molecule has 0 aliphatic carbocycles. The van der Waals surface area contributed by atoms with Gasteiger partial charge in [-0.25, -0.2) is 0 Å². The van der Waals surface area contributed by atoms with Crippen molar-refractivity contribution in [2.45, 2.75) is 24.4 Å². The number of nitrogens with zero attached hydrogens (tertiary/aromatic N) is 3. The van der Waals surface area contributed by atoms with Gasteiger partial charge in [-0.2, -0.15) is 0 Å². The first-order valence-electron chi connectivity index (χ1n) is 7.38. The Hall–Kier alpha value is -2.28. The average molecular weight is 331 g/mol. The number of benzene rings is 1. The van der Waals surface area contributed by atoms with Crippen LogP contribution in [0, 0.1) is 10.1 Å². The summed E-state index contributed by atoms with van der Waals surface area (Å²) in [5.41, 5.74) is 1.22. The van der Waals surface area contributed by atoms with Crippen molar-refractivity contribution in [3.8, 4) is 0 Å². The van der Waals surface area contributed by atoms with Crippen LogP contribution in [0.1, 0.15) is 18.7 Å². The summed E-state index contributed by atoms with van der Waals surface area (Å²) in [5.74, 6) is 0.427. The third kappa shape index (κ3) is 3.24. The van der Waals surface area contributed by atoms with Crippen LogP contribution in [0.2, 0.25) is 0 Å². The zero-order valence-corrected chi connectivity index (χ0v) is 13.5. The number of amides is 1. The van der Waals surface area contributed by atoms with Gasteiger partial charge in [0.15, 0.2) is 0 Å². The first-order valence-corrected chi connectivity index (χ1v) is 8.36. The van der Waals surface area contributed by atoms with E-state index in [0.717, 1.165) is 17.1 Å². The first kappa shape index (κ1) is 15.6. The van der Waals surface area contributed by atoms with E-state index in [1.54, 1.807) is 12.1 Å². The van der Waals surface area contributed by atoms with E-state index in [0.29, 0.717) is 12.3 Å². The van der Waals surface area contributed by atoms with E-state index in [1.807, 2.05) is 30.2 Å². The van der Waals surface area contributed by atoms with Crippen LogP contribution < -0.4 is 0 Å². The number of hydrogen-bond acceptors (Lipinski definition) is 4. The van der Waals surface area contributed by atoms with Crippen molar-refractivity contribution in [2.24, 2.45) is 0 Å². The molecule has 0 N–H and O–H groups in total. The third-order valence-electron chi connectivity index (χ3n) is 4.07. The van der Waals surface area contributed by atoms with Crippen LogP contribution in [0.5, 0.6) is 0 Å². The van der Waals surface area contributed by atoms with Gasteiger partial charge >= 0.3 is 0 Å². The minimum Gasteiger partial charge on any atom is -0.348 e. The molecule has 0 bridgehead atoms. The Morgan fingerprint density at radius 1 is 1.30 bits per heavy atom. The highest BCUT2D eigenvalue weighted by molar-refractivity contribution is 8.00. The lowest BCUT2D eigenvalue weighted by Gasteiger charge is -2.35. The monoisotopic (exact) mass is 331 g/mol. The smallest absolute Gasteiger partial charge is 0.269 e. The van der Waals surface area contributed by atoms with E-state index in [4.69, 9.17) is 0 Å². The van der Waals surface area contributed by atoms with Crippen molar-refractivity contribution < 1.29 is 9.72 Å². The quantitative estimate of drug-likeness (QED) is 0.490. The van der Waals surface area contributed by atoms with Gasteiger partial charge in [-0.1, -0.05) is 0 Å². The summed E-state index contributed by atoms with van der Waals surface area (Å²) in [6.45, 7) is 3.57. The maximum Gasteiger partial charge on any atom is 0.269 e. The fourth-order valence-corrected chi connectivity index (χ4v) is 3.60. The molecule has 0 saturated carbocycles. The number of rotatable bonds is 4. The molecule has 23 heavy (non-hydrogen) atoms. The minimum absolute atomic E-state index is 0.0612. The zero-order chi connectivity index (χ0) is 16.4. The van der Waals surface area contributed by atoms with Gasteiger partial charge in [0.1, 0.15) is 0 Å². The molecule has 1 aromatic heterocycles. The predicted molar refractivity (Wildman–Crippen MR) is 88.4 cm³/mol. The molecule has 1 aromatic carbocycles. The topological polar surface area (TPSA) is 68.4 Å². The van der Waals surface area contributed by atoms with Crippen molar-refractivity contribution in [3.05, 3.63) is 58.4 Å². The van der Waals surface area contributed by atoms with Gasteiger partial charge in [0.2, 0.25) is 5.91 Å². The molecule has 7 heteroatoms. The maximum absolute atomic E-state index is 12.5. The molecule has 0 radical (unpaired) electrons. The second kappa shape index (κ2) is 6.45. The first-order chi connectivity index (χ1) is 11.1. The molecule has 1 aliphatic rings. The van der Waals surface area contributed by atoms with Gasteiger partial charge in [0, 0.05) is 42.0 Å². The highest BCUT2D eigenvalue weighted by atomic mass is 32.2. The van der Waals surface area contributed by atoms with E-state index in [2.05, 4.69) is 4.57 Å². The second-order valence-corrected chi connectivity index (χ2v) is 6.48. The van der Waals surface area contributed by atoms with Crippen molar-refractivity contribution >= 4 is 23.4 Å². The summed E-state index contributed by atoms with van der Waals surface area (Å²) in [4.78, 5) is 25.4. The Bertz CT molecular complexity index is 726. The summed E-state index contributed by atoms with van der Waals surface area (Å²) in [7, 11) is 0. The normalized spacial score (nSPS) is 16.9. The second-order valence-electron chi connectivity index (χ2n) is 5.43. The van der Waals surface area contributed by atoms with Gasteiger partial charge in [-0.15, -0.1) is 11.8 Å².